The normalized spacial score (nSPS) is 11.1. The average molecular weight is 287 g/mol. The van der Waals surface area contributed by atoms with Gasteiger partial charge in [-0.05, 0) is 12.1 Å². The summed E-state index contributed by atoms with van der Waals surface area (Å²) in [6.45, 7) is 0.767. The second kappa shape index (κ2) is 7.07. The molecule has 0 unspecified atom stereocenters. The Morgan fingerprint density at radius 1 is 1.37 bits per heavy atom. The van der Waals surface area contributed by atoms with Crippen LogP contribution in [0.3, 0.4) is 0 Å². The molecule has 0 aliphatic heterocycles. The van der Waals surface area contributed by atoms with Crippen LogP contribution in [0.25, 0.3) is 0 Å². The number of hydrogen-bond donors (Lipinski definition) is 3. The number of sulfonamides is 1. The fourth-order valence-electron chi connectivity index (χ4n) is 1.39. The second-order valence-corrected chi connectivity index (χ2v) is 5.27. The minimum absolute atomic E-state index is 0.0420. The molecule has 0 atom stereocenters. The third-order valence-corrected chi connectivity index (χ3v) is 3.23. The molecule has 4 N–H and O–H groups in total. The minimum Gasteiger partial charge on any atom is -0.383 e. The van der Waals surface area contributed by atoms with E-state index in [1.807, 2.05) is 0 Å². The standard InChI is InChI=1S/C11H17N3O4S/c1-18-7-6-13-11(15)8-14-9-4-2-3-5-10(9)19(12,16)17/h2-5,14H,6-8H2,1H3,(H,13,15)(H2,12,16,17). The number of rotatable bonds is 7. The van der Waals surface area contributed by atoms with E-state index in [0.29, 0.717) is 18.8 Å². The first-order chi connectivity index (χ1) is 8.95. The highest BCUT2D eigenvalue weighted by atomic mass is 32.2. The SMILES string of the molecule is COCCNC(=O)CNc1ccccc1S(N)(=O)=O. The Kier molecular flexibility index (Phi) is 5.74. The quantitative estimate of drug-likeness (QED) is 0.586. The minimum atomic E-state index is -3.82. The molecule has 8 heteroatoms. The van der Waals surface area contributed by atoms with E-state index < -0.39 is 10.0 Å². The predicted octanol–water partition coefficient (Wildman–Crippen LogP) is -0.491. The number of nitrogens with one attached hydrogen (secondary N) is 2. The van der Waals surface area contributed by atoms with Gasteiger partial charge in [-0.1, -0.05) is 12.1 Å². The van der Waals surface area contributed by atoms with E-state index in [2.05, 4.69) is 10.6 Å². The zero-order chi connectivity index (χ0) is 14.3. The molecule has 1 amide bonds. The second-order valence-electron chi connectivity index (χ2n) is 3.74. The molecule has 0 saturated carbocycles. The predicted molar refractivity (Wildman–Crippen MR) is 71.2 cm³/mol. The van der Waals surface area contributed by atoms with Gasteiger partial charge in [0.25, 0.3) is 0 Å². The lowest BCUT2D eigenvalue weighted by Crippen LogP contribution is -2.32. The number of carbonyl (C=O) groups excluding carboxylic acids is 1. The smallest absolute Gasteiger partial charge is 0.240 e. The summed E-state index contributed by atoms with van der Waals surface area (Å²) < 4.78 is 27.4. The van der Waals surface area contributed by atoms with Crippen LogP contribution < -0.4 is 15.8 Å². The summed E-state index contributed by atoms with van der Waals surface area (Å²) in [6, 6.07) is 6.13. The highest BCUT2D eigenvalue weighted by molar-refractivity contribution is 7.89. The largest absolute Gasteiger partial charge is 0.383 e. The molecule has 0 aliphatic carbocycles. The summed E-state index contributed by atoms with van der Waals surface area (Å²) in [5.74, 6) is -0.263. The fourth-order valence-corrected chi connectivity index (χ4v) is 2.11. The summed E-state index contributed by atoms with van der Waals surface area (Å²) in [6.07, 6.45) is 0. The first kappa shape index (κ1) is 15.4. The van der Waals surface area contributed by atoms with E-state index >= 15 is 0 Å². The maximum atomic E-state index is 11.4. The van der Waals surface area contributed by atoms with E-state index in [-0.39, 0.29) is 17.3 Å². The molecule has 0 fully saturated rings. The lowest BCUT2D eigenvalue weighted by molar-refractivity contribution is -0.119. The highest BCUT2D eigenvalue weighted by Gasteiger charge is 2.13. The summed E-state index contributed by atoms with van der Waals surface area (Å²) in [5.41, 5.74) is 0.298. The zero-order valence-electron chi connectivity index (χ0n) is 10.5. The first-order valence-electron chi connectivity index (χ1n) is 5.56. The molecule has 0 spiro atoms. The Balaban J connectivity index is 2.61. The van der Waals surface area contributed by atoms with Crippen molar-refractivity contribution in [2.75, 3.05) is 32.1 Å². The highest BCUT2D eigenvalue weighted by Crippen LogP contribution is 2.18. The zero-order valence-corrected chi connectivity index (χ0v) is 11.4. The van der Waals surface area contributed by atoms with Crippen molar-refractivity contribution in [2.45, 2.75) is 4.90 Å². The number of carbonyl (C=O) groups is 1. The van der Waals surface area contributed by atoms with Crippen molar-refractivity contribution in [3.8, 4) is 0 Å². The van der Waals surface area contributed by atoms with Crippen LogP contribution in [0.5, 0.6) is 0 Å². The topological polar surface area (TPSA) is 111 Å². The Morgan fingerprint density at radius 2 is 2.05 bits per heavy atom. The van der Waals surface area contributed by atoms with Gasteiger partial charge < -0.3 is 15.4 Å². The number of nitrogens with two attached hydrogens (primary N) is 1. The van der Waals surface area contributed by atoms with Crippen LogP contribution in [0.4, 0.5) is 5.69 Å². The van der Waals surface area contributed by atoms with Crippen LogP contribution in [0.15, 0.2) is 29.2 Å². The van der Waals surface area contributed by atoms with E-state index in [1.165, 1.54) is 13.2 Å². The van der Waals surface area contributed by atoms with Crippen LogP contribution in [0.2, 0.25) is 0 Å². The monoisotopic (exact) mass is 287 g/mol. The number of amides is 1. The number of methoxy groups -OCH3 is 1. The van der Waals surface area contributed by atoms with Gasteiger partial charge in [-0.3, -0.25) is 4.79 Å². The van der Waals surface area contributed by atoms with Gasteiger partial charge >= 0.3 is 0 Å². The average Bonchev–Trinajstić information content (AvgIpc) is 2.36. The van der Waals surface area contributed by atoms with Crippen LogP contribution in [0, 0.1) is 0 Å². The number of benzene rings is 1. The van der Waals surface area contributed by atoms with Gasteiger partial charge in [0.05, 0.1) is 18.8 Å². The maximum absolute atomic E-state index is 11.4. The number of ether oxygens (including phenoxy) is 1. The molecule has 1 aromatic rings. The molecule has 0 aliphatic rings. The van der Waals surface area contributed by atoms with E-state index in [9.17, 15) is 13.2 Å². The van der Waals surface area contributed by atoms with Gasteiger partial charge in [0.15, 0.2) is 0 Å². The molecule has 0 bridgehead atoms. The van der Waals surface area contributed by atoms with Crippen LogP contribution in [0.1, 0.15) is 0 Å². The van der Waals surface area contributed by atoms with Gasteiger partial charge in [-0.15, -0.1) is 0 Å². The molecule has 0 heterocycles. The summed E-state index contributed by atoms with van der Waals surface area (Å²) in [5, 5.41) is 10.4. The lowest BCUT2D eigenvalue weighted by Gasteiger charge is -2.10. The van der Waals surface area contributed by atoms with Crippen molar-refractivity contribution in [3.63, 3.8) is 0 Å². The summed E-state index contributed by atoms with van der Waals surface area (Å²) in [7, 11) is -2.28. The molecular formula is C11H17N3O4S. The van der Waals surface area contributed by atoms with Gasteiger partial charge in [0, 0.05) is 13.7 Å². The Bertz CT molecular complexity index is 530. The summed E-state index contributed by atoms with van der Waals surface area (Å²) in [4.78, 5) is 11.4. The van der Waals surface area contributed by atoms with Crippen molar-refractivity contribution < 1.29 is 17.9 Å². The molecule has 1 aromatic carbocycles. The third kappa shape index (κ3) is 5.25. The number of primary sulfonamides is 1. The Hall–Kier alpha value is -1.64. The van der Waals surface area contributed by atoms with Crippen molar-refractivity contribution in [1.82, 2.24) is 5.32 Å². The van der Waals surface area contributed by atoms with Crippen LogP contribution in [-0.2, 0) is 19.6 Å². The molecule has 0 radical (unpaired) electrons. The van der Waals surface area contributed by atoms with E-state index in [0.717, 1.165) is 0 Å². The van der Waals surface area contributed by atoms with Crippen LogP contribution in [-0.4, -0.2) is 41.1 Å². The van der Waals surface area contributed by atoms with Gasteiger partial charge in [0.2, 0.25) is 15.9 Å². The maximum Gasteiger partial charge on any atom is 0.240 e. The van der Waals surface area contributed by atoms with Gasteiger partial charge in [0.1, 0.15) is 4.90 Å². The van der Waals surface area contributed by atoms with Gasteiger partial charge in [-0.2, -0.15) is 0 Å². The van der Waals surface area contributed by atoms with Crippen molar-refractivity contribution in [3.05, 3.63) is 24.3 Å². The Labute approximate surface area is 112 Å². The number of anilines is 1. The van der Waals surface area contributed by atoms with E-state index in [1.54, 1.807) is 18.2 Å². The molecule has 0 saturated heterocycles. The van der Waals surface area contributed by atoms with E-state index in [4.69, 9.17) is 9.88 Å². The molecular weight excluding hydrogens is 270 g/mol. The number of hydrogen-bond acceptors (Lipinski definition) is 5. The third-order valence-electron chi connectivity index (χ3n) is 2.26. The summed E-state index contributed by atoms with van der Waals surface area (Å²) >= 11 is 0. The molecule has 1 rings (SSSR count). The fraction of sp³-hybridized carbons (Fsp3) is 0.364. The lowest BCUT2D eigenvalue weighted by atomic mass is 10.3. The first-order valence-corrected chi connectivity index (χ1v) is 7.11. The Morgan fingerprint density at radius 3 is 2.68 bits per heavy atom. The molecule has 19 heavy (non-hydrogen) atoms. The van der Waals surface area contributed by atoms with Gasteiger partial charge in [-0.25, -0.2) is 13.6 Å². The molecule has 0 aromatic heterocycles. The van der Waals surface area contributed by atoms with Crippen LogP contribution >= 0.6 is 0 Å². The van der Waals surface area contributed by atoms with Crippen molar-refractivity contribution in [1.29, 1.82) is 0 Å². The van der Waals surface area contributed by atoms with Crippen molar-refractivity contribution >= 4 is 21.6 Å². The van der Waals surface area contributed by atoms with Crippen molar-refractivity contribution in [2.24, 2.45) is 5.14 Å². The number of para-hydroxylation sites is 1. The molecule has 106 valence electrons. The molecule has 7 nitrogen and oxygen atoms in total.